The Morgan fingerprint density at radius 2 is 1.39 bits per heavy atom. The van der Waals surface area contributed by atoms with Crippen LogP contribution in [0.5, 0.6) is 11.5 Å². The molecule has 266 valence electrons. The summed E-state index contributed by atoms with van der Waals surface area (Å²) < 4.78 is 13.2. The third-order valence-corrected chi connectivity index (χ3v) is 10.1. The molecule has 0 fully saturated rings. The molecule has 1 unspecified atom stereocenters. The number of carbonyl (C=O) groups excluding carboxylic acids is 2. The quantitative estimate of drug-likeness (QED) is 0.115. The zero-order valence-electron chi connectivity index (χ0n) is 30.3. The lowest BCUT2D eigenvalue weighted by Crippen LogP contribution is -2.49. The third kappa shape index (κ3) is 6.85. The van der Waals surface area contributed by atoms with Gasteiger partial charge >= 0.3 is 5.97 Å². The first-order valence-electron chi connectivity index (χ1n) is 17.8. The highest BCUT2D eigenvalue weighted by molar-refractivity contribution is 7.80. The molecule has 0 aromatic heterocycles. The molecule has 3 aliphatic rings. The summed E-state index contributed by atoms with van der Waals surface area (Å²) in [7, 11) is 0. The molecular formula is C41H47N5O4S. The smallest absolute Gasteiger partial charge is 0.340 e. The minimum atomic E-state index is -1.21. The Labute approximate surface area is 306 Å². The van der Waals surface area contributed by atoms with Gasteiger partial charge in [0, 0.05) is 85.0 Å². The molecule has 1 spiro atoms. The number of esters is 1. The molecule has 1 amide bonds. The number of hydrogen-bond donors (Lipinski definition) is 3. The fourth-order valence-electron chi connectivity index (χ4n) is 7.10. The van der Waals surface area contributed by atoms with Crippen molar-refractivity contribution in [1.82, 2.24) is 16.0 Å². The number of ether oxygens (including phenoxy) is 2. The number of benzene rings is 3. The van der Waals surface area contributed by atoms with Gasteiger partial charge in [-0.3, -0.25) is 4.79 Å². The largest absolute Gasteiger partial charge is 0.456 e. The van der Waals surface area contributed by atoms with Gasteiger partial charge in [0.15, 0.2) is 10.7 Å². The van der Waals surface area contributed by atoms with Crippen LogP contribution in [0.15, 0.2) is 96.1 Å². The van der Waals surface area contributed by atoms with Crippen molar-refractivity contribution in [3.05, 3.63) is 118 Å². The second kappa shape index (κ2) is 14.6. The number of anilines is 2. The first-order valence-corrected chi connectivity index (χ1v) is 18.2. The molecule has 0 saturated carbocycles. The highest BCUT2D eigenvalue weighted by Crippen LogP contribution is 2.58. The van der Waals surface area contributed by atoms with Crippen LogP contribution in [0.25, 0.3) is 0 Å². The molecule has 2 aliphatic heterocycles. The summed E-state index contributed by atoms with van der Waals surface area (Å²) in [6.07, 6.45) is 7.74. The molecule has 6 rings (SSSR count). The second-order valence-electron chi connectivity index (χ2n) is 13.2. The topological polar surface area (TPSA) is 95.2 Å². The summed E-state index contributed by atoms with van der Waals surface area (Å²) in [5.41, 5.74) is 4.58. The summed E-state index contributed by atoms with van der Waals surface area (Å²) in [5.74, 6) is 0.784. The van der Waals surface area contributed by atoms with E-state index < -0.39 is 17.1 Å². The number of nitrogens with zero attached hydrogens (tertiary/aromatic N) is 2. The van der Waals surface area contributed by atoms with E-state index in [1.54, 1.807) is 6.07 Å². The highest BCUT2D eigenvalue weighted by atomic mass is 32.1. The molecule has 3 N–H and O–H groups in total. The minimum Gasteiger partial charge on any atom is -0.456 e. The molecule has 3 aromatic rings. The number of aryl methyl sites for hydroxylation is 1. The van der Waals surface area contributed by atoms with Crippen molar-refractivity contribution in [3.63, 3.8) is 0 Å². The van der Waals surface area contributed by atoms with E-state index in [9.17, 15) is 9.59 Å². The van der Waals surface area contributed by atoms with E-state index in [0.29, 0.717) is 40.8 Å². The molecular weight excluding hydrogens is 659 g/mol. The number of amides is 1. The van der Waals surface area contributed by atoms with E-state index in [1.807, 2.05) is 68.5 Å². The molecule has 1 atom stereocenters. The van der Waals surface area contributed by atoms with Crippen LogP contribution in [0.1, 0.15) is 61.7 Å². The molecule has 9 nitrogen and oxygen atoms in total. The summed E-state index contributed by atoms with van der Waals surface area (Å²) in [6, 6.07) is 19.8. The van der Waals surface area contributed by atoms with E-state index in [1.165, 1.54) is 0 Å². The van der Waals surface area contributed by atoms with E-state index in [-0.39, 0.29) is 5.91 Å². The van der Waals surface area contributed by atoms with Crippen molar-refractivity contribution in [2.24, 2.45) is 0 Å². The fraction of sp³-hybridized carbons (Fsp3) is 0.341. The summed E-state index contributed by atoms with van der Waals surface area (Å²) >= 11 is 5.66. The number of hydrogen-bond acceptors (Lipinski definition) is 7. The highest BCUT2D eigenvalue weighted by Gasteiger charge is 2.54. The second-order valence-corrected chi connectivity index (χ2v) is 13.6. The average Bonchev–Trinajstić information content (AvgIpc) is 3.27. The number of fused-ring (bicyclic) bond motifs is 5. The van der Waals surface area contributed by atoms with Crippen LogP contribution in [0.3, 0.4) is 0 Å². The lowest BCUT2D eigenvalue weighted by atomic mass is 9.76. The first kappa shape index (κ1) is 35.7. The van der Waals surface area contributed by atoms with Crippen molar-refractivity contribution in [2.75, 3.05) is 49.1 Å². The Bertz CT molecular complexity index is 1880. The Morgan fingerprint density at radius 3 is 1.98 bits per heavy atom. The van der Waals surface area contributed by atoms with E-state index >= 15 is 0 Å². The lowest BCUT2D eigenvalue weighted by Gasteiger charge is -2.38. The van der Waals surface area contributed by atoms with Crippen molar-refractivity contribution in [2.45, 2.75) is 52.7 Å². The maximum atomic E-state index is 13.9. The number of rotatable bonds is 11. The van der Waals surface area contributed by atoms with E-state index in [4.69, 9.17) is 21.7 Å². The van der Waals surface area contributed by atoms with Crippen molar-refractivity contribution >= 4 is 40.6 Å². The lowest BCUT2D eigenvalue weighted by molar-refractivity contribution is -0.144. The molecule has 0 bridgehead atoms. The van der Waals surface area contributed by atoms with Gasteiger partial charge in [0.2, 0.25) is 0 Å². The minimum absolute atomic E-state index is 0.132. The first-order chi connectivity index (χ1) is 24.5. The van der Waals surface area contributed by atoms with Crippen molar-refractivity contribution in [1.29, 1.82) is 0 Å². The monoisotopic (exact) mass is 705 g/mol. The predicted molar refractivity (Wildman–Crippen MR) is 208 cm³/mol. The van der Waals surface area contributed by atoms with Gasteiger partial charge in [-0.15, -0.1) is 0 Å². The van der Waals surface area contributed by atoms with Gasteiger partial charge in [-0.1, -0.05) is 35.9 Å². The standard InChI is InChI=1S/C41H47N5O4S/c1-7-45(8-2)29-14-16-33-35(25-29)49-36-26-30(46(9-3)10-4)15-17-34(36)41(33)32-19-21-40(6,20-18-31(32)38(48)50-41)44-39(51)43-23-22-42-37(47)28-13-11-12-27(5)24-28/h11-21,24-26H,7-10,22-23H2,1-6H3,(H,42,47)(H2,43,44,51). The van der Waals surface area contributed by atoms with Gasteiger partial charge in [0.1, 0.15) is 11.5 Å². The summed E-state index contributed by atoms with van der Waals surface area (Å²) in [5, 5.41) is 9.92. The van der Waals surface area contributed by atoms with Gasteiger partial charge in [-0.05, 0) is 96.2 Å². The van der Waals surface area contributed by atoms with Crippen LogP contribution in [0.4, 0.5) is 11.4 Å². The SMILES string of the molecule is CCN(CC)c1ccc2c(c1)Oc1cc(N(CC)CC)ccc1C21OC(=O)C2=C1C=CC(C)(NC(=S)NCCNC(=O)c1cccc(C)c1)C=C2. The Hall–Kier alpha value is -5.09. The Morgan fingerprint density at radius 1 is 0.804 bits per heavy atom. The number of carbonyl (C=O) groups is 2. The maximum absolute atomic E-state index is 13.9. The number of nitrogens with one attached hydrogen (secondary N) is 3. The molecule has 2 heterocycles. The van der Waals surface area contributed by atoms with Gasteiger partial charge < -0.3 is 35.2 Å². The van der Waals surface area contributed by atoms with Crippen molar-refractivity contribution in [3.8, 4) is 11.5 Å². The fourth-order valence-corrected chi connectivity index (χ4v) is 7.42. The normalized spacial score (nSPS) is 17.8. The molecule has 0 saturated heterocycles. The molecule has 51 heavy (non-hydrogen) atoms. The summed E-state index contributed by atoms with van der Waals surface area (Å²) in [4.78, 5) is 30.9. The maximum Gasteiger partial charge on any atom is 0.340 e. The Kier molecular flexibility index (Phi) is 10.3. The molecule has 10 heteroatoms. The molecule has 0 radical (unpaired) electrons. The third-order valence-electron chi connectivity index (χ3n) is 9.85. The van der Waals surface area contributed by atoms with E-state index in [0.717, 1.165) is 59.8 Å². The van der Waals surface area contributed by atoms with Crippen LogP contribution in [0, 0.1) is 6.92 Å². The van der Waals surface area contributed by atoms with Crippen LogP contribution in [0.2, 0.25) is 0 Å². The molecule has 3 aromatic carbocycles. The van der Waals surface area contributed by atoms with Crippen molar-refractivity contribution < 1.29 is 19.1 Å². The van der Waals surface area contributed by atoms with Gasteiger partial charge in [0.25, 0.3) is 5.91 Å². The average molecular weight is 706 g/mol. The predicted octanol–water partition coefficient (Wildman–Crippen LogP) is 6.67. The van der Waals surface area contributed by atoms with E-state index in [2.05, 4.69) is 77.7 Å². The van der Waals surface area contributed by atoms with Crippen LogP contribution < -0.4 is 30.5 Å². The molecule has 1 aliphatic carbocycles. The Balaban J connectivity index is 1.28. The zero-order chi connectivity index (χ0) is 36.3. The summed E-state index contributed by atoms with van der Waals surface area (Å²) in [6.45, 7) is 16.7. The zero-order valence-corrected chi connectivity index (χ0v) is 31.1. The number of thiocarbonyl (C=S) groups is 1. The van der Waals surface area contributed by atoms with Crippen LogP contribution in [-0.4, -0.2) is 61.8 Å². The van der Waals surface area contributed by atoms with Crippen LogP contribution in [-0.2, 0) is 15.1 Å². The van der Waals surface area contributed by atoms with Gasteiger partial charge in [0.05, 0.1) is 11.1 Å². The van der Waals surface area contributed by atoms with Crippen LogP contribution >= 0.6 is 12.2 Å². The van der Waals surface area contributed by atoms with Gasteiger partial charge in [-0.2, -0.15) is 0 Å². The van der Waals surface area contributed by atoms with Gasteiger partial charge in [-0.25, -0.2) is 4.79 Å².